The molecular weight excluding hydrogens is 492 g/mol. The maximum absolute atomic E-state index is 14.4. The number of nitrogens with zero attached hydrogens (tertiary/aromatic N) is 2. The van der Waals surface area contributed by atoms with E-state index in [0.29, 0.717) is 30.2 Å². The molecule has 190 valence electrons. The molecule has 1 N–H and O–H groups in total. The monoisotopic (exact) mass is 519 g/mol. The van der Waals surface area contributed by atoms with Crippen molar-refractivity contribution in [3.8, 4) is 10.8 Å². The molecule has 0 unspecified atom stereocenters. The molecule has 0 saturated carbocycles. The number of aromatic nitrogens is 1. The van der Waals surface area contributed by atoms with Gasteiger partial charge in [-0.3, -0.25) is 0 Å². The van der Waals surface area contributed by atoms with Gasteiger partial charge in [0.1, 0.15) is 28.4 Å². The number of ether oxygens (including phenoxy) is 1. The van der Waals surface area contributed by atoms with Crippen LogP contribution in [0, 0.1) is 11.6 Å². The van der Waals surface area contributed by atoms with E-state index in [2.05, 4.69) is 9.88 Å². The molecule has 0 fully saturated rings. The van der Waals surface area contributed by atoms with Gasteiger partial charge in [-0.15, -0.1) is 11.3 Å². The lowest BCUT2D eigenvalue weighted by Gasteiger charge is -2.31. The van der Waals surface area contributed by atoms with Crippen molar-refractivity contribution in [2.24, 2.45) is 0 Å². The highest BCUT2D eigenvalue weighted by molar-refractivity contribution is 7.15. The van der Waals surface area contributed by atoms with E-state index in [4.69, 9.17) is 4.74 Å². The van der Waals surface area contributed by atoms with Crippen LogP contribution < -0.4 is 10.1 Å². The van der Waals surface area contributed by atoms with Gasteiger partial charge in [-0.2, -0.15) is 0 Å². The number of para-hydroxylation sites is 2. The third-order valence-corrected chi connectivity index (χ3v) is 8.40. The van der Waals surface area contributed by atoms with Gasteiger partial charge in [0.25, 0.3) is 0 Å². The molecule has 37 heavy (non-hydrogen) atoms. The molecule has 4 aromatic rings. The van der Waals surface area contributed by atoms with E-state index >= 15 is 0 Å². The normalized spacial score (nSPS) is 16.4. The van der Waals surface area contributed by atoms with E-state index < -0.39 is 17.7 Å². The molecule has 2 aromatic carbocycles. The third kappa shape index (κ3) is 4.29. The van der Waals surface area contributed by atoms with Gasteiger partial charge in [0.05, 0.1) is 24.5 Å². The van der Waals surface area contributed by atoms with Gasteiger partial charge < -0.3 is 19.5 Å². The summed E-state index contributed by atoms with van der Waals surface area (Å²) in [5, 5.41) is 4.10. The van der Waals surface area contributed by atoms with Crippen LogP contribution in [0.5, 0.6) is 5.75 Å². The average molecular weight is 520 g/mol. The number of anilines is 1. The number of amides is 2. The fourth-order valence-electron chi connectivity index (χ4n) is 5.51. The molecule has 0 radical (unpaired) electrons. The summed E-state index contributed by atoms with van der Waals surface area (Å²) in [7, 11) is 0. The fourth-order valence-corrected chi connectivity index (χ4v) is 6.91. The minimum absolute atomic E-state index is 0.328. The van der Waals surface area contributed by atoms with Crippen LogP contribution in [-0.2, 0) is 19.4 Å². The van der Waals surface area contributed by atoms with E-state index in [-0.39, 0.29) is 6.03 Å². The number of carbonyl (C=O) groups excluding carboxylic acids is 1. The first-order chi connectivity index (χ1) is 18.0. The number of nitrogens with one attached hydrogen (secondary N) is 1. The zero-order chi connectivity index (χ0) is 25.5. The lowest BCUT2D eigenvalue weighted by molar-refractivity contribution is 0.194. The number of halogens is 2. The maximum Gasteiger partial charge on any atom is 0.323 e. The Balaban J connectivity index is 1.50. The topological polar surface area (TPSA) is 46.5 Å². The minimum Gasteiger partial charge on any atom is -0.492 e. The highest BCUT2D eigenvalue weighted by Crippen LogP contribution is 2.44. The first-order valence-corrected chi connectivity index (χ1v) is 13.4. The molecule has 2 aliphatic rings. The molecule has 3 heterocycles. The molecule has 5 nitrogen and oxygen atoms in total. The average Bonchev–Trinajstić information content (AvgIpc) is 3.46. The Bertz CT molecular complexity index is 1460. The Morgan fingerprint density at radius 2 is 1.84 bits per heavy atom. The lowest BCUT2D eigenvalue weighted by Crippen LogP contribution is -2.38. The molecule has 1 aliphatic heterocycles. The molecule has 1 atom stereocenters. The Hall–Kier alpha value is -3.65. The van der Waals surface area contributed by atoms with Crippen molar-refractivity contribution < 1.29 is 18.3 Å². The van der Waals surface area contributed by atoms with Crippen LogP contribution in [0.15, 0.2) is 60.8 Å². The molecule has 0 bridgehead atoms. The van der Waals surface area contributed by atoms with Crippen molar-refractivity contribution in [3.63, 3.8) is 0 Å². The van der Waals surface area contributed by atoms with E-state index in [1.165, 1.54) is 22.6 Å². The Morgan fingerprint density at radius 1 is 1.05 bits per heavy atom. The van der Waals surface area contributed by atoms with Crippen molar-refractivity contribution in [3.05, 3.63) is 99.7 Å². The van der Waals surface area contributed by atoms with Gasteiger partial charge in [0, 0.05) is 22.7 Å². The van der Waals surface area contributed by atoms with Gasteiger partial charge in [-0.05, 0) is 80.1 Å². The molecule has 0 spiro atoms. The highest BCUT2D eigenvalue weighted by Gasteiger charge is 2.36. The molecule has 0 saturated heterocycles. The van der Waals surface area contributed by atoms with Gasteiger partial charge >= 0.3 is 6.03 Å². The standard InChI is InChI=1S/C29H27F2N3O2S/c1-2-36-25-11-5-4-9-23(25)32-29(35)34-17-22-21-8-3-6-12-26(21)37-28(22)33-13-7-10-24(33)27(34)18-14-19(30)16-20(31)15-18/h4-5,7,9-11,13-16,27H,2-3,6,8,12,17H2,1H3,(H,32,35)/t27-/m0/s1. The van der Waals surface area contributed by atoms with Gasteiger partial charge in [-0.1, -0.05) is 12.1 Å². The largest absolute Gasteiger partial charge is 0.492 e. The number of rotatable bonds is 4. The molecule has 1 aliphatic carbocycles. The molecule has 8 heteroatoms. The smallest absolute Gasteiger partial charge is 0.323 e. The first-order valence-electron chi connectivity index (χ1n) is 12.6. The Morgan fingerprint density at radius 3 is 2.65 bits per heavy atom. The second kappa shape index (κ2) is 9.67. The summed E-state index contributed by atoms with van der Waals surface area (Å²) in [5.74, 6) is -0.781. The fraction of sp³-hybridized carbons (Fsp3) is 0.276. The second-order valence-corrected chi connectivity index (χ2v) is 10.5. The predicted octanol–water partition coefficient (Wildman–Crippen LogP) is 7.23. The lowest BCUT2D eigenvalue weighted by atomic mass is 9.95. The minimum atomic E-state index is -0.696. The second-order valence-electron chi connectivity index (χ2n) is 9.39. The van der Waals surface area contributed by atoms with E-state index in [0.717, 1.165) is 48.0 Å². The maximum atomic E-state index is 14.4. The Kier molecular flexibility index (Phi) is 6.20. The Labute approximate surface area is 218 Å². The van der Waals surface area contributed by atoms with Crippen LogP contribution in [-0.4, -0.2) is 22.1 Å². The molecular formula is C29H27F2N3O2S. The van der Waals surface area contributed by atoms with Crippen LogP contribution in [0.3, 0.4) is 0 Å². The zero-order valence-electron chi connectivity index (χ0n) is 20.5. The van der Waals surface area contributed by atoms with Gasteiger partial charge in [0.2, 0.25) is 0 Å². The summed E-state index contributed by atoms with van der Waals surface area (Å²) in [4.78, 5) is 17.1. The number of carbonyl (C=O) groups is 1. The molecule has 6 rings (SSSR count). The van der Waals surface area contributed by atoms with E-state index in [9.17, 15) is 13.6 Å². The number of hydrogen-bond donors (Lipinski definition) is 1. The third-order valence-electron chi connectivity index (χ3n) is 7.07. The van der Waals surface area contributed by atoms with Gasteiger partial charge in [0.15, 0.2) is 0 Å². The van der Waals surface area contributed by atoms with E-state index in [1.54, 1.807) is 28.4 Å². The molecule has 2 aromatic heterocycles. The van der Waals surface area contributed by atoms with Crippen molar-refractivity contribution in [1.29, 1.82) is 0 Å². The number of hydrogen-bond acceptors (Lipinski definition) is 3. The summed E-state index contributed by atoms with van der Waals surface area (Å²) < 4.78 is 36.7. The number of fused-ring (bicyclic) bond motifs is 5. The van der Waals surface area contributed by atoms with Crippen LogP contribution in [0.2, 0.25) is 0 Å². The zero-order valence-corrected chi connectivity index (χ0v) is 21.3. The van der Waals surface area contributed by atoms with Gasteiger partial charge in [-0.25, -0.2) is 13.6 Å². The SMILES string of the molecule is CCOc1ccccc1NC(=O)N1Cc2c(sc3c2CCCC3)-n2cccc2[C@@H]1c1cc(F)cc(F)c1. The summed E-state index contributed by atoms with van der Waals surface area (Å²) in [6.07, 6.45) is 6.26. The van der Waals surface area contributed by atoms with Crippen LogP contribution >= 0.6 is 11.3 Å². The van der Waals surface area contributed by atoms with Crippen LogP contribution in [0.1, 0.15) is 53.1 Å². The number of urea groups is 1. The number of benzene rings is 2. The summed E-state index contributed by atoms with van der Waals surface area (Å²) in [6, 6.07) is 13.6. The van der Waals surface area contributed by atoms with Crippen molar-refractivity contribution in [2.45, 2.75) is 45.2 Å². The van der Waals surface area contributed by atoms with Crippen molar-refractivity contribution in [2.75, 3.05) is 11.9 Å². The summed E-state index contributed by atoms with van der Waals surface area (Å²) >= 11 is 1.77. The number of thiophene rings is 1. The van der Waals surface area contributed by atoms with E-state index in [1.807, 2.05) is 37.4 Å². The first kappa shape index (κ1) is 23.7. The predicted molar refractivity (Wildman–Crippen MR) is 141 cm³/mol. The summed E-state index contributed by atoms with van der Waals surface area (Å²) in [6.45, 7) is 2.67. The molecule has 2 amide bonds. The number of aryl methyl sites for hydroxylation is 1. The van der Waals surface area contributed by atoms with Crippen LogP contribution in [0.4, 0.5) is 19.3 Å². The van der Waals surface area contributed by atoms with Crippen LogP contribution in [0.25, 0.3) is 5.00 Å². The quantitative estimate of drug-likeness (QED) is 0.309. The highest BCUT2D eigenvalue weighted by atomic mass is 32.1. The van der Waals surface area contributed by atoms with Crippen molar-refractivity contribution >= 4 is 23.1 Å². The van der Waals surface area contributed by atoms with Crippen molar-refractivity contribution in [1.82, 2.24) is 9.47 Å². The summed E-state index contributed by atoms with van der Waals surface area (Å²) in [5.41, 5.74) is 4.14.